The molecule has 6 heteroatoms. The molecule has 0 radical (unpaired) electrons. The first-order valence-electron chi connectivity index (χ1n) is 8.20. The summed E-state index contributed by atoms with van der Waals surface area (Å²) in [5, 5.41) is 2.64. The summed E-state index contributed by atoms with van der Waals surface area (Å²) in [6, 6.07) is 9.08. The van der Waals surface area contributed by atoms with E-state index in [1.54, 1.807) is 25.1 Å². The molecule has 0 N–H and O–H groups in total. The van der Waals surface area contributed by atoms with Gasteiger partial charge in [0.2, 0.25) is 0 Å². The Morgan fingerprint density at radius 3 is 2.77 bits per heavy atom. The van der Waals surface area contributed by atoms with Crippen molar-refractivity contribution in [3.05, 3.63) is 57.9 Å². The number of aryl methyl sites for hydroxylation is 1. The van der Waals surface area contributed by atoms with E-state index in [1.165, 1.54) is 17.4 Å². The van der Waals surface area contributed by atoms with Crippen molar-refractivity contribution in [2.24, 2.45) is 7.05 Å². The first-order valence-corrected chi connectivity index (χ1v) is 9.08. The van der Waals surface area contributed by atoms with Gasteiger partial charge in [0.15, 0.2) is 0 Å². The summed E-state index contributed by atoms with van der Waals surface area (Å²) in [7, 11) is 1.88. The molecule has 0 spiro atoms. The van der Waals surface area contributed by atoms with Crippen LogP contribution in [0.1, 0.15) is 27.9 Å². The Morgan fingerprint density at radius 1 is 1.27 bits per heavy atom. The molecule has 0 aliphatic carbocycles. The number of aromatic nitrogens is 1. The molecule has 2 aromatic heterocycles. The highest BCUT2D eigenvalue weighted by molar-refractivity contribution is 7.10. The van der Waals surface area contributed by atoms with Gasteiger partial charge in [0.05, 0.1) is 12.2 Å². The molecule has 0 saturated carbocycles. The highest BCUT2D eigenvalue weighted by Crippen LogP contribution is 2.29. The van der Waals surface area contributed by atoms with Crippen LogP contribution in [0.25, 0.3) is 17.0 Å². The normalized spacial score (nSPS) is 11.2. The van der Waals surface area contributed by atoms with Gasteiger partial charge in [-0.2, -0.15) is 0 Å². The van der Waals surface area contributed by atoms with Gasteiger partial charge in [-0.25, -0.2) is 9.59 Å². The van der Waals surface area contributed by atoms with Crippen LogP contribution in [-0.4, -0.2) is 23.1 Å². The molecule has 0 aliphatic heterocycles. The molecule has 2 heterocycles. The monoisotopic (exact) mass is 369 g/mol. The molecule has 0 aliphatic rings. The molecule has 26 heavy (non-hydrogen) atoms. The summed E-state index contributed by atoms with van der Waals surface area (Å²) in [6.45, 7) is 3.93. The minimum absolute atomic E-state index is 0.302. The Labute approximate surface area is 155 Å². The fourth-order valence-corrected chi connectivity index (χ4v) is 3.38. The van der Waals surface area contributed by atoms with E-state index < -0.39 is 5.97 Å². The lowest BCUT2D eigenvalue weighted by Crippen LogP contribution is -2.06. The number of carbonyl (C=O) groups is 2. The first-order chi connectivity index (χ1) is 12.5. The SMILES string of the molecule is CCOC(=O)c1c(C)n(C)c2ccc(OC(=O)C=Cc3cccs3)cc12. The average Bonchev–Trinajstić information content (AvgIpc) is 3.21. The van der Waals surface area contributed by atoms with Crippen molar-refractivity contribution in [1.82, 2.24) is 4.57 Å². The molecule has 0 unspecified atom stereocenters. The molecular weight excluding hydrogens is 350 g/mol. The highest BCUT2D eigenvalue weighted by atomic mass is 32.1. The Balaban J connectivity index is 1.89. The zero-order valence-corrected chi connectivity index (χ0v) is 15.6. The third-order valence-electron chi connectivity index (χ3n) is 4.09. The fraction of sp³-hybridized carbons (Fsp3) is 0.200. The number of benzene rings is 1. The Bertz CT molecular complexity index is 983. The second-order valence-electron chi connectivity index (χ2n) is 5.69. The van der Waals surface area contributed by atoms with E-state index in [9.17, 15) is 9.59 Å². The van der Waals surface area contributed by atoms with Crippen molar-refractivity contribution in [3.8, 4) is 5.75 Å². The average molecular weight is 369 g/mol. The molecule has 3 aromatic rings. The van der Waals surface area contributed by atoms with Gasteiger partial charge in [-0.15, -0.1) is 11.3 Å². The lowest BCUT2D eigenvalue weighted by molar-refractivity contribution is -0.128. The van der Waals surface area contributed by atoms with Crippen LogP contribution < -0.4 is 4.74 Å². The van der Waals surface area contributed by atoms with Crippen molar-refractivity contribution in [2.45, 2.75) is 13.8 Å². The quantitative estimate of drug-likeness (QED) is 0.381. The topological polar surface area (TPSA) is 57.5 Å². The fourth-order valence-electron chi connectivity index (χ4n) is 2.76. The molecule has 3 rings (SSSR count). The van der Waals surface area contributed by atoms with Gasteiger partial charge in [0.25, 0.3) is 0 Å². The number of fused-ring (bicyclic) bond motifs is 1. The summed E-state index contributed by atoms with van der Waals surface area (Å²) >= 11 is 1.54. The Kier molecular flexibility index (Phi) is 5.23. The van der Waals surface area contributed by atoms with Crippen LogP contribution in [0, 0.1) is 6.92 Å². The number of carbonyl (C=O) groups excluding carboxylic acids is 2. The molecule has 0 bridgehead atoms. The summed E-state index contributed by atoms with van der Waals surface area (Å²) in [4.78, 5) is 25.3. The van der Waals surface area contributed by atoms with E-state index in [2.05, 4.69) is 0 Å². The third-order valence-corrected chi connectivity index (χ3v) is 4.93. The third kappa shape index (κ3) is 3.55. The number of thiophene rings is 1. The number of esters is 2. The van der Waals surface area contributed by atoms with Crippen LogP contribution >= 0.6 is 11.3 Å². The van der Waals surface area contributed by atoms with Crippen molar-refractivity contribution < 1.29 is 19.1 Å². The number of hydrogen-bond acceptors (Lipinski definition) is 5. The summed E-state index contributed by atoms with van der Waals surface area (Å²) in [5.41, 5.74) is 2.18. The molecule has 1 aromatic carbocycles. The van der Waals surface area contributed by atoms with E-state index in [0.29, 0.717) is 23.3 Å². The van der Waals surface area contributed by atoms with Gasteiger partial charge in [-0.3, -0.25) is 0 Å². The molecule has 0 saturated heterocycles. The number of hydrogen-bond donors (Lipinski definition) is 0. The predicted octanol–water partition coefficient (Wildman–Crippen LogP) is 4.34. The maximum Gasteiger partial charge on any atom is 0.340 e. The standard InChI is InChI=1S/C20H19NO4S/c1-4-24-20(23)19-13(2)21(3)17-9-7-14(12-16(17)19)25-18(22)10-8-15-6-5-11-26-15/h5-12H,4H2,1-3H3. The molecule has 5 nitrogen and oxygen atoms in total. The van der Waals surface area contributed by atoms with Gasteiger partial charge in [0.1, 0.15) is 5.75 Å². The van der Waals surface area contributed by atoms with Crippen LogP contribution in [0.5, 0.6) is 5.75 Å². The molecular formula is C20H19NO4S. The zero-order chi connectivity index (χ0) is 18.7. The Hall–Kier alpha value is -2.86. The van der Waals surface area contributed by atoms with Crippen molar-refractivity contribution in [2.75, 3.05) is 6.61 Å². The number of nitrogens with zero attached hydrogens (tertiary/aromatic N) is 1. The highest BCUT2D eigenvalue weighted by Gasteiger charge is 2.20. The van der Waals surface area contributed by atoms with E-state index in [1.807, 2.05) is 42.1 Å². The number of ether oxygens (including phenoxy) is 2. The lowest BCUT2D eigenvalue weighted by atomic mass is 10.1. The summed E-state index contributed by atoms with van der Waals surface area (Å²) < 4.78 is 12.5. The van der Waals surface area contributed by atoms with Gasteiger partial charge < -0.3 is 14.0 Å². The van der Waals surface area contributed by atoms with E-state index >= 15 is 0 Å². The van der Waals surface area contributed by atoms with E-state index in [0.717, 1.165) is 16.1 Å². The Morgan fingerprint density at radius 2 is 2.08 bits per heavy atom. The van der Waals surface area contributed by atoms with Crippen molar-refractivity contribution in [1.29, 1.82) is 0 Å². The maximum absolute atomic E-state index is 12.3. The minimum Gasteiger partial charge on any atom is -0.462 e. The van der Waals surface area contributed by atoms with Crippen LogP contribution in [-0.2, 0) is 16.6 Å². The first kappa shape index (κ1) is 17.9. The predicted molar refractivity (Wildman–Crippen MR) is 103 cm³/mol. The summed E-state index contributed by atoms with van der Waals surface area (Å²) in [5.74, 6) is -0.464. The van der Waals surface area contributed by atoms with Crippen LogP contribution in [0.3, 0.4) is 0 Å². The van der Waals surface area contributed by atoms with Gasteiger partial charge >= 0.3 is 11.9 Å². The maximum atomic E-state index is 12.3. The van der Waals surface area contributed by atoms with Crippen molar-refractivity contribution in [3.63, 3.8) is 0 Å². The summed E-state index contributed by atoms with van der Waals surface area (Å²) in [6.07, 6.45) is 3.10. The van der Waals surface area contributed by atoms with Crippen molar-refractivity contribution >= 4 is 40.3 Å². The zero-order valence-electron chi connectivity index (χ0n) is 14.8. The lowest BCUT2D eigenvalue weighted by Gasteiger charge is -2.04. The minimum atomic E-state index is -0.469. The molecule has 0 atom stereocenters. The van der Waals surface area contributed by atoms with Gasteiger partial charge in [-0.05, 0) is 49.6 Å². The van der Waals surface area contributed by atoms with Gasteiger partial charge in [0, 0.05) is 34.6 Å². The van der Waals surface area contributed by atoms with Crippen LogP contribution in [0.4, 0.5) is 0 Å². The van der Waals surface area contributed by atoms with Gasteiger partial charge in [-0.1, -0.05) is 6.07 Å². The smallest absolute Gasteiger partial charge is 0.340 e. The second kappa shape index (κ2) is 7.58. The van der Waals surface area contributed by atoms with E-state index in [4.69, 9.17) is 9.47 Å². The largest absolute Gasteiger partial charge is 0.462 e. The molecule has 134 valence electrons. The van der Waals surface area contributed by atoms with Crippen LogP contribution in [0.15, 0.2) is 41.8 Å². The molecule has 0 fully saturated rings. The number of rotatable bonds is 5. The second-order valence-corrected chi connectivity index (χ2v) is 6.67. The molecule has 0 amide bonds. The van der Waals surface area contributed by atoms with E-state index in [-0.39, 0.29) is 5.97 Å². The van der Waals surface area contributed by atoms with Crippen LogP contribution in [0.2, 0.25) is 0 Å².